The molecule has 0 radical (unpaired) electrons. The summed E-state index contributed by atoms with van der Waals surface area (Å²) in [6, 6.07) is 19.9. The number of halogens is 1. The van der Waals surface area contributed by atoms with E-state index in [1.807, 2.05) is 48.5 Å². The molecule has 0 unspecified atom stereocenters. The highest BCUT2D eigenvalue weighted by atomic mass is 79.9. The Bertz CT molecular complexity index is 479. The molecule has 2 aromatic carbocycles. The van der Waals surface area contributed by atoms with Gasteiger partial charge in [-0.1, -0.05) is 81.7 Å². The lowest BCUT2D eigenvalue weighted by Crippen LogP contribution is -1.75. The highest BCUT2D eigenvalue weighted by Gasteiger charge is 1.84. The van der Waals surface area contributed by atoms with Crippen molar-refractivity contribution in [1.29, 1.82) is 0 Å². The second-order valence-corrected chi connectivity index (χ2v) is 4.05. The summed E-state index contributed by atoms with van der Waals surface area (Å²) in [5.74, 6) is 0. The molecule has 0 bridgehead atoms. The van der Waals surface area contributed by atoms with E-state index in [9.17, 15) is 0 Å². The molecule has 18 heavy (non-hydrogen) atoms. The third-order valence-corrected chi connectivity index (χ3v) is 2.80. The standard InChI is InChI=1S/C7H7Br.C7H7N3/c8-6-7-4-2-1-3-5-7;8-10-9-6-7-4-2-1-3-5-7/h1-5H,6H2;1-5H,6H2. The Hall–Kier alpha value is -1.77. The molecule has 0 saturated heterocycles. The second-order valence-electron chi connectivity index (χ2n) is 3.49. The van der Waals surface area contributed by atoms with Crippen LogP contribution in [0.1, 0.15) is 11.1 Å². The number of hydrogen-bond donors (Lipinski definition) is 0. The summed E-state index contributed by atoms with van der Waals surface area (Å²) in [6.45, 7) is 0.442. The molecule has 0 aromatic heterocycles. The van der Waals surface area contributed by atoms with E-state index in [-0.39, 0.29) is 0 Å². The minimum absolute atomic E-state index is 0.442. The maximum Gasteiger partial charge on any atom is 0.0510 e. The van der Waals surface area contributed by atoms with Crippen LogP contribution in [0.2, 0.25) is 0 Å². The van der Waals surface area contributed by atoms with E-state index in [4.69, 9.17) is 5.53 Å². The quantitative estimate of drug-likeness (QED) is 0.329. The first kappa shape index (κ1) is 14.3. The molecular formula is C14H14BrN3. The van der Waals surface area contributed by atoms with Crippen molar-refractivity contribution >= 4 is 15.9 Å². The smallest absolute Gasteiger partial charge is 0.0510 e. The first-order valence-electron chi connectivity index (χ1n) is 5.51. The van der Waals surface area contributed by atoms with Crippen LogP contribution in [0.25, 0.3) is 10.4 Å². The number of rotatable bonds is 3. The van der Waals surface area contributed by atoms with E-state index in [1.165, 1.54) is 5.56 Å². The largest absolute Gasteiger partial charge is 0.0893 e. The first-order chi connectivity index (χ1) is 8.86. The Labute approximate surface area is 115 Å². The second kappa shape index (κ2) is 9.28. The summed E-state index contributed by atoms with van der Waals surface area (Å²) in [7, 11) is 0. The molecule has 4 heteroatoms. The van der Waals surface area contributed by atoms with Crippen LogP contribution in [-0.2, 0) is 11.9 Å². The van der Waals surface area contributed by atoms with Crippen molar-refractivity contribution in [2.24, 2.45) is 5.11 Å². The maximum absolute atomic E-state index is 7.99. The van der Waals surface area contributed by atoms with E-state index >= 15 is 0 Å². The van der Waals surface area contributed by atoms with Gasteiger partial charge < -0.3 is 0 Å². The molecule has 0 aliphatic rings. The predicted molar refractivity (Wildman–Crippen MR) is 78.4 cm³/mol. The Kier molecular flexibility index (Phi) is 7.37. The normalized spacial score (nSPS) is 8.72. The average molecular weight is 304 g/mol. The van der Waals surface area contributed by atoms with Crippen molar-refractivity contribution in [3.05, 3.63) is 82.2 Å². The van der Waals surface area contributed by atoms with Crippen LogP contribution in [-0.4, -0.2) is 0 Å². The van der Waals surface area contributed by atoms with Crippen molar-refractivity contribution in [3.8, 4) is 0 Å². The third-order valence-electron chi connectivity index (χ3n) is 2.16. The first-order valence-corrected chi connectivity index (χ1v) is 6.63. The number of benzene rings is 2. The van der Waals surface area contributed by atoms with Gasteiger partial charge in [-0.05, 0) is 16.7 Å². The van der Waals surface area contributed by atoms with Gasteiger partial charge in [0.05, 0.1) is 6.54 Å². The van der Waals surface area contributed by atoms with Gasteiger partial charge in [0, 0.05) is 10.2 Å². The third kappa shape index (κ3) is 6.09. The van der Waals surface area contributed by atoms with Crippen LogP contribution in [0.5, 0.6) is 0 Å². The molecule has 3 nitrogen and oxygen atoms in total. The van der Waals surface area contributed by atoms with Crippen LogP contribution in [0.15, 0.2) is 65.8 Å². The van der Waals surface area contributed by atoms with Crippen LogP contribution in [0.4, 0.5) is 0 Å². The number of hydrogen-bond acceptors (Lipinski definition) is 1. The number of alkyl halides is 1. The highest BCUT2D eigenvalue weighted by molar-refractivity contribution is 9.08. The molecule has 0 N–H and O–H groups in total. The van der Waals surface area contributed by atoms with Crippen LogP contribution in [0, 0.1) is 0 Å². The van der Waals surface area contributed by atoms with Gasteiger partial charge in [0.25, 0.3) is 0 Å². The Morgan fingerprint density at radius 3 is 1.78 bits per heavy atom. The zero-order chi connectivity index (χ0) is 13.1. The van der Waals surface area contributed by atoms with Crippen LogP contribution < -0.4 is 0 Å². The van der Waals surface area contributed by atoms with Gasteiger partial charge >= 0.3 is 0 Å². The molecule has 0 aliphatic heterocycles. The lowest BCUT2D eigenvalue weighted by molar-refractivity contribution is 1.05. The molecule has 2 aromatic rings. The van der Waals surface area contributed by atoms with Gasteiger partial charge in [-0.15, -0.1) is 0 Å². The molecule has 92 valence electrons. The molecule has 0 spiro atoms. The van der Waals surface area contributed by atoms with Crippen molar-refractivity contribution in [3.63, 3.8) is 0 Å². The summed E-state index contributed by atoms with van der Waals surface area (Å²) in [5.41, 5.74) is 10.4. The summed E-state index contributed by atoms with van der Waals surface area (Å²) < 4.78 is 0. The summed E-state index contributed by atoms with van der Waals surface area (Å²) >= 11 is 3.36. The average Bonchev–Trinajstić information content (AvgIpc) is 2.48. The minimum atomic E-state index is 0.442. The maximum atomic E-state index is 7.99. The molecule has 0 amide bonds. The van der Waals surface area contributed by atoms with E-state index in [2.05, 4.69) is 38.1 Å². The highest BCUT2D eigenvalue weighted by Crippen LogP contribution is 2.02. The van der Waals surface area contributed by atoms with E-state index in [0.29, 0.717) is 6.54 Å². The molecule has 0 heterocycles. The number of azide groups is 1. The number of nitrogens with zero attached hydrogens (tertiary/aromatic N) is 3. The monoisotopic (exact) mass is 303 g/mol. The predicted octanol–water partition coefficient (Wildman–Crippen LogP) is 5.08. The Morgan fingerprint density at radius 2 is 1.39 bits per heavy atom. The van der Waals surface area contributed by atoms with Gasteiger partial charge in [0.2, 0.25) is 0 Å². The minimum Gasteiger partial charge on any atom is -0.0893 e. The SMILES string of the molecule is BrCc1ccccc1.[N-]=[N+]=NCc1ccccc1. The van der Waals surface area contributed by atoms with Crippen molar-refractivity contribution < 1.29 is 0 Å². The molecular weight excluding hydrogens is 290 g/mol. The molecule has 2 rings (SSSR count). The molecule has 0 fully saturated rings. The van der Waals surface area contributed by atoms with Gasteiger partial charge in [0.1, 0.15) is 0 Å². The van der Waals surface area contributed by atoms with Crippen molar-refractivity contribution in [2.75, 3.05) is 0 Å². The van der Waals surface area contributed by atoms with E-state index in [0.717, 1.165) is 10.9 Å². The van der Waals surface area contributed by atoms with Gasteiger partial charge in [-0.25, -0.2) is 0 Å². The lowest BCUT2D eigenvalue weighted by atomic mass is 10.2. The van der Waals surface area contributed by atoms with Crippen LogP contribution >= 0.6 is 15.9 Å². The zero-order valence-corrected chi connectivity index (χ0v) is 11.5. The summed E-state index contributed by atoms with van der Waals surface area (Å²) in [4.78, 5) is 2.66. The van der Waals surface area contributed by atoms with Gasteiger partial charge in [-0.3, -0.25) is 0 Å². The van der Waals surface area contributed by atoms with Gasteiger partial charge in [-0.2, -0.15) is 0 Å². The fourth-order valence-corrected chi connectivity index (χ4v) is 1.64. The van der Waals surface area contributed by atoms with Crippen molar-refractivity contribution in [1.82, 2.24) is 0 Å². The molecule has 0 atom stereocenters. The van der Waals surface area contributed by atoms with Crippen LogP contribution in [0.3, 0.4) is 0 Å². The molecule has 0 saturated carbocycles. The summed E-state index contributed by atoms with van der Waals surface area (Å²) in [5, 5.41) is 4.37. The van der Waals surface area contributed by atoms with E-state index < -0.39 is 0 Å². The fourth-order valence-electron chi connectivity index (χ4n) is 1.26. The topological polar surface area (TPSA) is 48.8 Å². The summed E-state index contributed by atoms with van der Waals surface area (Å²) in [6.07, 6.45) is 0. The zero-order valence-electron chi connectivity index (χ0n) is 9.91. The molecule has 0 aliphatic carbocycles. The fraction of sp³-hybridized carbons (Fsp3) is 0.143. The Morgan fingerprint density at radius 1 is 0.889 bits per heavy atom. The van der Waals surface area contributed by atoms with E-state index in [1.54, 1.807) is 0 Å². The van der Waals surface area contributed by atoms with Crippen molar-refractivity contribution in [2.45, 2.75) is 11.9 Å². The van der Waals surface area contributed by atoms with Gasteiger partial charge in [0.15, 0.2) is 0 Å². The lowest BCUT2D eigenvalue weighted by Gasteiger charge is -1.90. The Balaban J connectivity index is 0.000000184.